The number of hydrogen-bond donors (Lipinski definition) is 5. The van der Waals surface area contributed by atoms with Gasteiger partial charge in [-0.15, -0.1) is 0 Å². The van der Waals surface area contributed by atoms with Crippen LogP contribution in [0.5, 0.6) is 0 Å². The van der Waals surface area contributed by atoms with Crippen molar-refractivity contribution in [2.75, 3.05) is 26.4 Å². The van der Waals surface area contributed by atoms with Crippen LogP contribution >= 0.6 is 0 Å². The van der Waals surface area contributed by atoms with E-state index in [1.165, 1.54) is 22.6 Å². The number of anilines is 1. The summed E-state index contributed by atoms with van der Waals surface area (Å²) in [4.78, 5) is 14.5. The van der Waals surface area contributed by atoms with Crippen molar-refractivity contribution >= 4 is 17.8 Å². The van der Waals surface area contributed by atoms with E-state index in [1.54, 1.807) is 6.20 Å². The van der Waals surface area contributed by atoms with Crippen molar-refractivity contribution in [2.45, 2.75) is 278 Å². The van der Waals surface area contributed by atoms with E-state index >= 15 is 0 Å². The highest BCUT2D eigenvalue weighted by Gasteiger charge is 2.49. The fourth-order valence-electron chi connectivity index (χ4n) is 17.9. The Morgan fingerprint density at radius 2 is 0.806 bits per heavy atom. The van der Waals surface area contributed by atoms with E-state index in [9.17, 15) is 15.6 Å². The number of fused-ring (bicyclic) bond motifs is 1. The van der Waals surface area contributed by atoms with Crippen molar-refractivity contribution in [1.82, 2.24) is 29.9 Å². The molecule has 24 atom stereocenters. The van der Waals surface area contributed by atoms with Crippen molar-refractivity contribution in [2.24, 2.45) is 52.1 Å². The van der Waals surface area contributed by atoms with Gasteiger partial charge in [0.05, 0.1) is 161 Å². The lowest BCUT2D eigenvalue weighted by atomic mass is 9.93. The molecule has 0 saturated carbocycles. The molecule has 0 spiro atoms. The van der Waals surface area contributed by atoms with E-state index in [1.807, 2.05) is 177 Å². The predicted octanol–water partition coefficient (Wildman–Crippen LogP) is 16.7. The summed E-state index contributed by atoms with van der Waals surface area (Å²) in [5.74, 6) is 7.27. The number of nitrogens with one attached hydrogen (secondary N) is 1. The fraction of sp³-hybridized carbons (Fsp3) is 0.505. The number of aromatic nitrogens is 4. The second-order valence-electron chi connectivity index (χ2n) is 34.2. The summed E-state index contributed by atoms with van der Waals surface area (Å²) in [6.07, 6.45) is 12.8. The number of benzene rings is 6. The van der Waals surface area contributed by atoms with Gasteiger partial charge in [0.1, 0.15) is 36.8 Å². The number of hydrazine groups is 1. The monoisotopic (exact) mass is 1760 g/mol. The Bertz CT molecular complexity index is 4870. The molecule has 4 unspecified atom stereocenters. The third-order valence-corrected chi connectivity index (χ3v) is 25.2. The number of nitrogen functional groups attached to an aromatic ring is 1. The van der Waals surface area contributed by atoms with Crippen molar-refractivity contribution in [3.05, 3.63) is 268 Å². The summed E-state index contributed by atoms with van der Waals surface area (Å²) in [5.41, 5.74) is 25.7. The molecule has 2 aromatic heterocycles. The number of aliphatic hydroxyl groups excluding tert-OH is 1. The number of ether oxygens (including phenoxy) is 12. The number of nitrogens with zero attached hydrogens (tertiary/aromatic N) is 9. The van der Waals surface area contributed by atoms with Gasteiger partial charge in [0, 0.05) is 85.1 Å². The summed E-state index contributed by atoms with van der Waals surface area (Å²) in [6, 6.07) is 67.2. The molecule has 6 aromatic carbocycles. The highest BCUT2D eigenvalue weighted by molar-refractivity contribution is 5.84. The maximum absolute atomic E-state index is 9.79. The number of nitriles is 3. The van der Waals surface area contributed by atoms with Crippen LogP contribution in [0.3, 0.4) is 0 Å². The van der Waals surface area contributed by atoms with Gasteiger partial charge in [-0.25, -0.2) is 9.97 Å². The molecule has 8 N–H and O–H groups in total. The molecular weight excluding hydrogens is 1630 g/mol. The molecule has 9 heterocycles. The van der Waals surface area contributed by atoms with E-state index in [0.717, 1.165) is 83.2 Å². The first-order valence-corrected chi connectivity index (χ1v) is 45.8. The minimum absolute atomic E-state index is 0.0169. The van der Waals surface area contributed by atoms with Crippen molar-refractivity contribution in [1.29, 1.82) is 15.8 Å². The van der Waals surface area contributed by atoms with Crippen LogP contribution < -0.4 is 22.7 Å². The van der Waals surface area contributed by atoms with Gasteiger partial charge in [0.2, 0.25) is 5.95 Å². The van der Waals surface area contributed by atoms with E-state index in [4.69, 9.17) is 79.4 Å². The average Bonchev–Trinajstić information content (AvgIpc) is 1.62. The molecule has 692 valence electrons. The molecule has 0 radical (unpaired) electrons. The standard InChI is InChI=1S/C19H23N5O2.C19H26N2O2.C18H24N2O2.C17H23N3O2.C16H21NO2.C14H20O3/c1-3-15-12(2)16(25-10-13-7-5-4-6-8-13)17(26-15)14-9-23-24-18(14)21-11-22-19(24)20;1-5-17-14(2)18(22-13-15-9-7-6-8-10-15)19(23-17)16(11-20)12-21(3)4;1-3-16-12(2)17(21-11-13-7-5-4-6-8-13)18(22-16)14-9-20-10-15(14)19;1-3-15-12(2)16(17(22-15)14(9-18)10-20-19)21-11-13-7-5-4-6-8-13;1-3-14-12(2)16(15(19-14)9-10-17)18-11-13-7-5-4-6-8-13;1-3-12-10(2)13(14(15)17-12)16-9-11-7-5-4-6-8-11/h4-9,11-12,15-17H,3,10H2,1-2H3,(H2,20,21,22);6-10,12,14,17-19H,5,13H2,1-4H3;4-9,12,16-18H,3,10-11,19H2,1-2H3;4-8,10,12,15-17,20H,3,11,19H2,1-2H3;4-8,12,14-16H,3,9,11H2,1-2H3;4-8,10,12-15H,3,9H2,1-2H3/b;16-12+;;14-10+;;/t12-,15-,16-,17+;14-,17-,18-,19?;12-,16-,17-,18+;12-,15-,16-,17?;12-,14-,15?,16-;10-,12-,13-,14?/m111111/s1. The topological polar surface area (TPSA) is 351 Å². The molecule has 26 heteroatoms. The van der Waals surface area contributed by atoms with Crippen molar-refractivity contribution < 1.29 is 61.9 Å². The van der Waals surface area contributed by atoms with Crippen LogP contribution in [0.2, 0.25) is 0 Å². The maximum Gasteiger partial charge on any atom is 0.224 e. The summed E-state index contributed by atoms with van der Waals surface area (Å²) >= 11 is 0. The fourth-order valence-corrected chi connectivity index (χ4v) is 17.9. The third kappa shape index (κ3) is 27.7. The first kappa shape index (κ1) is 101. The summed E-state index contributed by atoms with van der Waals surface area (Å²) in [6.45, 7) is 29.4. The Morgan fingerprint density at radius 3 is 1.19 bits per heavy atom. The summed E-state index contributed by atoms with van der Waals surface area (Å²) in [5, 5.41) is 41.8. The minimum Gasteiger partial charge on any atom is -0.400 e. The summed E-state index contributed by atoms with van der Waals surface area (Å²) in [7, 11) is 3.82. The molecule has 0 aliphatic carbocycles. The maximum atomic E-state index is 9.79. The molecule has 6 saturated heterocycles. The minimum atomic E-state index is -0.793. The zero-order chi connectivity index (χ0) is 92.3. The number of aliphatic hydroxyl groups is 1. The predicted molar refractivity (Wildman–Crippen MR) is 498 cm³/mol. The SMILES string of the molecule is CC[C@H]1OC(/C(C#N)=C/N(C)C)[C@H](OCc2ccccc2)[C@@H]1C.CC[C@H]1OC(/C(C#N)=C/NN)[C@H](OCc2ccccc2)[C@@H]1C.CC[C@H]1OC(CC#N)[C@H](OCc2ccccc2)[C@@H]1C.CC[C@H]1OC(O)[C@H](OCc2ccccc2)[C@@H]1C.CC[C@H]1O[C@@H](C2=C(N)CN=C2)[C@H](OCc2ccccc2)[C@@H]1C.CC[C@H]1O[C@@H](c2cnn3c(N)ncnc23)[C@H](OCc2ccccc2)[C@@H]1C. The van der Waals surface area contributed by atoms with Crippen LogP contribution in [0.1, 0.15) is 173 Å². The van der Waals surface area contributed by atoms with Gasteiger partial charge in [-0.3, -0.25) is 10.8 Å². The summed E-state index contributed by atoms with van der Waals surface area (Å²) < 4.78 is 74.2. The van der Waals surface area contributed by atoms with Gasteiger partial charge >= 0.3 is 0 Å². The number of nitrogens with two attached hydrogens (primary N) is 3. The molecule has 129 heavy (non-hydrogen) atoms. The molecule has 7 aliphatic heterocycles. The molecule has 6 fully saturated rings. The Balaban J connectivity index is 0.000000162. The molecule has 0 bridgehead atoms. The van der Waals surface area contributed by atoms with Gasteiger partial charge < -0.3 is 83.7 Å². The smallest absolute Gasteiger partial charge is 0.224 e. The van der Waals surface area contributed by atoms with Crippen LogP contribution in [0.25, 0.3) is 5.65 Å². The van der Waals surface area contributed by atoms with E-state index in [-0.39, 0.29) is 127 Å². The van der Waals surface area contributed by atoms with E-state index in [2.05, 4.69) is 163 Å². The molecular formula is C103H137N13O13. The number of hydrogen-bond acceptors (Lipinski definition) is 25. The van der Waals surface area contributed by atoms with Crippen LogP contribution in [-0.4, -0.2) is 160 Å². The number of aliphatic imine (C=N–C) groups is 1. The Morgan fingerprint density at radius 1 is 0.457 bits per heavy atom. The highest BCUT2D eigenvalue weighted by atomic mass is 16.7. The first-order chi connectivity index (χ1) is 62.6. The van der Waals surface area contributed by atoms with Crippen LogP contribution in [0.15, 0.2) is 234 Å². The Labute approximate surface area is 764 Å². The Hall–Kier alpha value is -10.1. The zero-order valence-electron chi connectivity index (χ0n) is 77.6. The van der Waals surface area contributed by atoms with Gasteiger partial charge in [0.15, 0.2) is 11.9 Å². The van der Waals surface area contributed by atoms with E-state index < -0.39 is 6.29 Å². The molecule has 0 amide bonds. The van der Waals surface area contributed by atoms with Crippen LogP contribution in [0.4, 0.5) is 5.95 Å². The van der Waals surface area contributed by atoms with Crippen molar-refractivity contribution in [3.8, 4) is 18.2 Å². The van der Waals surface area contributed by atoms with E-state index in [0.29, 0.717) is 87.2 Å². The lowest BCUT2D eigenvalue weighted by Crippen LogP contribution is -2.32. The second-order valence-corrected chi connectivity index (χ2v) is 34.2. The quantitative estimate of drug-likeness (QED) is 0.0153. The average molecular weight is 1770 g/mol. The zero-order valence-corrected chi connectivity index (χ0v) is 77.6. The number of rotatable bonds is 31. The second kappa shape index (κ2) is 52.1. The van der Waals surface area contributed by atoms with Gasteiger partial charge in [0.25, 0.3) is 0 Å². The molecule has 26 nitrogen and oxygen atoms in total. The lowest BCUT2D eigenvalue weighted by Gasteiger charge is -2.22. The van der Waals surface area contributed by atoms with Gasteiger partial charge in [-0.1, -0.05) is 265 Å². The third-order valence-electron chi connectivity index (χ3n) is 25.2. The largest absolute Gasteiger partial charge is 0.400 e. The van der Waals surface area contributed by atoms with Gasteiger partial charge in [-0.05, 0) is 71.9 Å². The molecule has 15 rings (SSSR count). The lowest BCUT2D eigenvalue weighted by molar-refractivity contribution is -0.145. The highest BCUT2D eigenvalue weighted by Crippen LogP contribution is 2.44. The first-order valence-electron chi connectivity index (χ1n) is 45.8. The molecule has 8 aromatic rings. The van der Waals surface area contributed by atoms with Crippen LogP contribution in [0, 0.1) is 69.5 Å². The van der Waals surface area contributed by atoms with Gasteiger partial charge in [-0.2, -0.15) is 25.4 Å². The molecule has 7 aliphatic rings. The Kier molecular flexibility index (Phi) is 40.8. The van der Waals surface area contributed by atoms with Crippen molar-refractivity contribution in [3.63, 3.8) is 0 Å². The normalized spacial score (nSPS) is 29.1. The van der Waals surface area contributed by atoms with Crippen LogP contribution in [-0.2, 0) is 96.5 Å².